The molecule has 5 heteroatoms. The van der Waals surface area contributed by atoms with Gasteiger partial charge < -0.3 is 9.88 Å². The largest absolute Gasteiger partial charge is 0.351 e. The highest BCUT2D eigenvalue weighted by Crippen LogP contribution is 2.41. The third kappa shape index (κ3) is 3.40. The van der Waals surface area contributed by atoms with Crippen molar-refractivity contribution in [3.8, 4) is 0 Å². The molecule has 1 N–H and O–H groups in total. The molecule has 2 aromatic carbocycles. The van der Waals surface area contributed by atoms with E-state index in [1.807, 2.05) is 51.2 Å². The van der Waals surface area contributed by atoms with E-state index >= 15 is 0 Å². The van der Waals surface area contributed by atoms with Crippen LogP contribution in [0.25, 0.3) is 10.9 Å². The van der Waals surface area contributed by atoms with Crippen molar-refractivity contribution < 1.29 is 9.59 Å². The first-order valence-electron chi connectivity index (χ1n) is 11.7. The topological polar surface area (TPSA) is 54.3 Å². The Hall–Kier alpha value is -3.08. The summed E-state index contributed by atoms with van der Waals surface area (Å²) in [5.41, 5.74) is 5.88. The lowest BCUT2D eigenvalue weighted by Gasteiger charge is -2.37. The second kappa shape index (κ2) is 8.12. The highest BCUT2D eigenvalue weighted by molar-refractivity contribution is 6.07. The summed E-state index contributed by atoms with van der Waals surface area (Å²) in [6, 6.07) is 13.8. The summed E-state index contributed by atoms with van der Waals surface area (Å²) in [6.07, 6.45) is 5.85. The number of benzene rings is 2. The Balaban J connectivity index is 1.67. The van der Waals surface area contributed by atoms with Gasteiger partial charge in [-0.2, -0.15) is 0 Å². The van der Waals surface area contributed by atoms with Crippen molar-refractivity contribution in [3.63, 3.8) is 0 Å². The molecule has 2 heterocycles. The van der Waals surface area contributed by atoms with Crippen LogP contribution in [0.3, 0.4) is 0 Å². The maximum Gasteiger partial charge on any atom is 0.249 e. The van der Waals surface area contributed by atoms with E-state index < -0.39 is 6.04 Å². The van der Waals surface area contributed by atoms with Gasteiger partial charge in [-0.3, -0.25) is 14.5 Å². The molecule has 1 unspecified atom stereocenters. The fourth-order valence-electron chi connectivity index (χ4n) is 5.55. The molecule has 1 saturated carbocycles. The molecular weight excluding hydrogens is 398 g/mol. The van der Waals surface area contributed by atoms with Crippen molar-refractivity contribution in [2.45, 2.75) is 64.5 Å². The average Bonchev–Trinajstić information content (AvgIpc) is 3.07. The van der Waals surface area contributed by atoms with Crippen LogP contribution < -0.4 is 10.2 Å². The predicted molar refractivity (Wildman–Crippen MR) is 128 cm³/mol. The summed E-state index contributed by atoms with van der Waals surface area (Å²) >= 11 is 0. The number of carbonyl (C=O) groups excluding carboxylic acids is 2. The Morgan fingerprint density at radius 1 is 1.03 bits per heavy atom. The van der Waals surface area contributed by atoms with Crippen LogP contribution in [0.15, 0.2) is 42.5 Å². The second-order valence-electron chi connectivity index (χ2n) is 9.42. The zero-order valence-electron chi connectivity index (χ0n) is 19.1. The van der Waals surface area contributed by atoms with Crippen molar-refractivity contribution in [2.24, 2.45) is 7.05 Å². The molecule has 1 aliphatic carbocycles. The lowest BCUT2D eigenvalue weighted by atomic mass is 9.92. The molecule has 5 rings (SSSR count). The van der Waals surface area contributed by atoms with Crippen LogP contribution >= 0.6 is 0 Å². The van der Waals surface area contributed by atoms with E-state index in [9.17, 15) is 9.59 Å². The van der Waals surface area contributed by atoms with E-state index in [2.05, 4.69) is 22.0 Å². The minimum Gasteiger partial charge on any atom is -0.351 e. The Morgan fingerprint density at radius 3 is 2.56 bits per heavy atom. The molecule has 1 aliphatic heterocycles. The fraction of sp³-hybridized carbons (Fsp3) is 0.407. The fourth-order valence-corrected chi connectivity index (χ4v) is 5.55. The smallest absolute Gasteiger partial charge is 0.249 e. The van der Waals surface area contributed by atoms with Gasteiger partial charge in [0.2, 0.25) is 11.8 Å². The number of nitrogens with zero attached hydrogens (tertiary/aromatic N) is 2. The Morgan fingerprint density at radius 2 is 1.78 bits per heavy atom. The van der Waals surface area contributed by atoms with Gasteiger partial charge in [0.1, 0.15) is 0 Å². The van der Waals surface area contributed by atoms with Gasteiger partial charge in [-0.05, 0) is 55.5 Å². The van der Waals surface area contributed by atoms with Crippen molar-refractivity contribution >= 4 is 28.4 Å². The van der Waals surface area contributed by atoms with E-state index in [4.69, 9.17) is 0 Å². The first-order valence-corrected chi connectivity index (χ1v) is 11.7. The third-order valence-corrected chi connectivity index (χ3v) is 7.20. The molecule has 0 bridgehead atoms. The van der Waals surface area contributed by atoms with E-state index in [1.165, 1.54) is 6.42 Å². The molecule has 1 fully saturated rings. The van der Waals surface area contributed by atoms with E-state index in [1.54, 1.807) is 4.90 Å². The highest BCUT2D eigenvalue weighted by atomic mass is 16.2. The van der Waals surface area contributed by atoms with Crippen LogP contribution in [0.2, 0.25) is 0 Å². The highest BCUT2D eigenvalue weighted by Gasteiger charge is 2.42. The number of carbonyl (C=O) groups is 2. The summed E-state index contributed by atoms with van der Waals surface area (Å²) in [4.78, 5) is 29.2. The second-order valence-corrected chi connectivity index (χ2v) is 9.42. The Labute approximate surface area is 189 Å². The monoisotopic (exact) mass is 429 g/mol. The number of hydrogen-bond acceptors (Lipinski definition) is 2. The van der Waals surface area contributed by atoms with Gasteiger partial charge >= 0.3 is 0 Å². The lowest BCUT2D eigenvalue weighted by Crippen LogP contribution is -2.50. The van der Waals surface area contributed by atoms with Gasteiger partial charge in [0.25, 0.3) is 0 Å². The summed E-state index contributed by atoms with van der Waals surface area (Å²) < 4.78 is 2.11. The molecule has 2 aliphatic rings. The number of amides is 2. The average molecular weight is 430 g/mol. The SMILES string of the molecule is Cc1ccc(C)c(N2C(=O)Cc3c(n(C)c4ccccc34)C2C(=O)NC2CCCCC2)c1. The predicted octanol–water partition coefficient (Wildman–Crippen LogP) is 4.87. The number of hydrogen-bond donors (Lipinski definition) is 1. The maximum absolute atomic E-state index is 13.9. The van der Waals surface area contributed by atoms with Crippen molar-refractivity contribution in [1.82, 2.24) is 9.88 Å². The summed E-state index contributed by atoms with van der Waals surface area (Å²) in [7, 11) is 2.01. The molecular formula is C27H31N3O2. The van der Waals surface area contributed by atoms with Crippen LogP contribution in [-0.4, -0.2) is 22.4 Å². The number of aromatic nitrogens is 1. The van der Waals surface area contributed by atoms with Gasteiger partial charge in [0, 0.05) is 29.7 Å². The van der Waals surface area contributed by atoms with Crippen LogP contribution in [0.4, 0.5) is 5.69 Å². The quantitative estimate of drug-likeness (QED) is 0.646. The Bertz CT molecular complexity index is 1200. The Kier molecular flexibility index (Phi) is 5.28. The van der Waals surface area contributed by atoms with Crippen molar-refractivity contribution in [1.29, 1.82) is 0 Å². The van der Waals surface area contributed by atoms with Gasteiger partial charge in [0.05, 0.1) is 12.1 Å². The molecule has 0 spiro atoms. The van der Waals surface area contributed by atoms with Crippen molar-refractivity contribution in [3.05, 3.63) is 64.8 Å². The molecule has 5 nitrogen and oxygen atoms in total. The van der Waals surface area contributed by atoms with Crippen LogP contribution in [0.5, 0.6) is 0 Å². The van der Waals surface area contributed by atoms with Crippen LogP contribution in [0.1, 0.15) is 60.5 Å². The minimum absolute atomic E-state index is 0.0219. The summed E-state index contributed by atoms with van der Waals surface area (Å²) in [6.45, 7) is 4.03. The number of anilines is 1. The molecule has 2 amide bonds. The van der Waals surface area contributed by atoms with Crippen molar-refractivity contribution in [2.75, 3.05) is 4.90 Å². The van der Waals surface area contributed by atoms with Crippen LogP contribution in [0, 0.1) is 13.8 Å². The first kappa shape index (κ1) is 20.8. The van der Waals surface area contributed by atoms with Gasteiger partial charge in [0.15, 0.2) is 6.04 Å². The summed E-state index contributed by atoms with van der Waals surface area (Å²) in [5.74, 6) is -0.0932. The van der Waals surface area contributed by atoms with E-state index in [0.29, 0.717) is 6.42 Å². The van der Waals surface area contributed by atoms with Crippen LogP contribution in [-0.2, 0) is 23.1 Å². The maximum atomic E-state index is 13.9. The van der Waals surface area contributed by atoms with Gasteiger partial charge in [-0.25, -0.2) is 0 Å². The van der Waals surface area contributed by atoms with E-state index in [0.717, 1.165) is 64.7 Å². The van der Waals surface area contributed by atoms with Gasteiger partial charge in [-0.1, -0.05) is 49.6 Å². The standard InChI is InChI=1S/C27H31N3O2/c1-17-13-14-18(2)23(15-17)30-24(31)16-21-20-11-7-8-12-22(20)29(3)25(21)26(30)27(32)28-19-9-5-4-6-10-19/h7-8,11-15,19,26H,4-6,9-10,16H2,1-3H3,(H,28,32). The normalized spacial score (nSPS) is 19.3. The number of fused-ring (bicyclic) bond motifs is 3. The third-order valence-electron chi connectivity index (χ3n) is 7.20. The molecule has 1 atom stereocenters. The number of para-hydroxylation sites is 1. The summed E-state index contributed by atoms with van der Waals surface area (Å²) in [5, 5.41) is 4.37. The zero-order valence-corrected chi connectivity index (χ0v) is 19.1. The molecule has 0 radical (unpaired) electrons. The molecule has 166 valence electrons. The first-order chi connectivity index (χ1) is 15.5. The molecule has 3 aromatic rings. The van der Waals surface area contributed by atoms with E-state index in [-0.39, 0.29) is 17.9 Å². The number of nitrogens with one attached hydrogen (secondary N) is 1. The molecule has 32 heavy (non-hydrogen) atoms. The molecule has 0 saturated heterocycles. The number of rotatable bonds is 3. The lowest BCUT2D eigenvalue weighted by molar-refractivity contribution is -0.127. The number of aryl methyl sites for hydroxylation is 3. The zero-order chi connectivity index (χ0) is 22.4. The minimum atomic E-state index is -0.675. The molecule has 1 aromatic heterocycles. The van der Waals surface area contributed by atoms with Gasteiger partial charge in [-0.15, -0.1) is 0 Å².